The minimum Gasteiger partial charge on any atom is -0.457 e. The van der Waals surface area contributed by atoms with Crippen LogP contribution in [-0.2, 0) is 12.8 Å². The van der Waals surface area contributed by atoms with Crippen molar-refractivity contribution in [3.05, 3.63) is 107 Å². The number of hydrogen-bond donors (Lipinski definition) is 0. The molecule has 6 nitrogen and oxygen atoms in total. The zero-order chi connectivity index (χ0) is 31.7. The molecule has 12 heteroatoms. The first kappa shape index (κ1) is 30.0. The number of rotatable bonds is 7. The molecule has 0 spiro atoms. The molecule has 3 aromatic carbocycles. The predicted octanol–water partition coefficient (Wildman–Crippen LogP) is 8.93. The SMILES string of the molecule is O=C1N=CCCC(CCc2c(F)cc(F)cc2F)c2ccc(Oc3cccc(-c4nc5ncccc5o4)c3CC(F)(F)F)cc21. The number of ether oxygens (including phenoxy) is 1. The Labute approximate surface area is 252 Å². The van der Waals surface area contributed by atoms with Crippen LogP contribution in [0.4, 0.5) is 26.3 Å². The maximum absolute atomic E-state index is 14.3. The largest absolute Gasteiger partial charge is 0.457 e. The van der Waals surface area contributed by atoms with Gasteiger partial charge in [-0.2, -0.15) is 18.2 Å². The zero-order valence-corrected chi connectivity index (χ0v) is 23.4. The number of aliphatic imine (C=N–C) groups is 1. The second-order valence-corrected chi connectivity index (χ2v) is 10.5. The average molecular weight is 624 g/mol. The molecule has 1 unspecified atom stereocenters. The van der Waals surface area contributed by atoms with Gasteiger partial charge in [0.05, 0.1) is 6.42 Å². The number of nitrogens with zero attached hydrogens (tertiary/aromatic N) is 3. The van der Waals surface area contributed by atoms with Gasteiger partial charge < -0.3 is 9.15 Å². The van der Waals surface area contributed by atoms with E-state index in [0.29, 0.717) is 36.1 Å². The molecule has 0 saturated carbocycles. The maximum atomic E-state index is 14.3. The van der Waals surface area contributed by atoms with Gasteiger partial charge in [0.25, 0.3) is 5.91 Å². The third-order valence-electron chi connectivity index (χ3n) is 7.53. The lowest BCUT2D eigenvalue weighted by Crippen LogP contribution is -2.14. The van der Waals surface area contributed by atoms with Crippen LogP contribution in [0.5, 0.6) is 11.5 Å². The average Bonchev–Trinajstić information content (AvgIpc) is 3.41. The Morgan fingerprint density at radius 1 is 0.933 bits per heavy atom. The van der Waals surface area contributed by atoms with E-state index in [2.05, 4.69) is 15.0 Å². The molecule has 0 bridgehead atoms. The van der Waals surface area contributed by atoms with E-state index in [4.69, 9.17) is 9.15 Å². The van der Waals surface area contributed by atoms with E-state index in [9.17, 15) is 31.1 Å². The van der Waals surface area contributed by atoms with Crippen molar-refractivity contribution < 1.29 is 40.3 Å². The molecule has 0 aliphatic carbocycles. The number of carbonyl (C=O) groups excluding carboxylic acids is 1. The number of amides is 1. The first-order valence-electron chi connectivity index (χ1n) is 14.0. The Hall–Kier alpha value is -5.00. The minimum atomic E-state index is -4.61. The molecule has 1 aliphatic heterocycles. The Morgan fingerprint density at radius 3 is 2.49 bits per heavy atom. The normalized spacial score (nSPS) is 15.2. The van der Waals surface area contributed by atoms with Crippen molar-refractivity contribution in [3.8, 4) is 23.0 Å². The molecule has 230 valence electrons. The molecular formula is C33H23F6N3O3. The molecular weight excluding hydrogens is 600 g/mol. The quantitative estimate of drug-likeness (QED) is 0.169. The summed E-state index contributed by atoms with van der Waals surface area (Å²) in [6.07, 6.45) is -1.89. The minimum absolute atomic E-state index is 0.0510. The molecule has 1 amide bonds. The molecule has 5 aromatic rings. The lowest BCUT2D eigenvalue weighted by Gasteiger charge is -2.22. The van der Waals surface area contributed by atoms with E-state index >= 15 is 0 Å². The molecule has 0 N–H and O–H groups in total. The van der Waals surface area contributed by atoms with E-state index < -0.39 is 36.0 Å². The van der Waals surface area contributed by atoms with Gasteiger partial charge in [0.15, 0.2) is 11.2 Å². The molecule has 3 heterocycles. The molecule has 45 heavy (non-hydrogen) atoms. The van der Waals surface area contributed by atoms with Gasteiger partial charge in [-0.3, -0.25) is 4.79 Å². The number of pyridine rings is 1. The van der Waals surface area contributed by atoms with Crippen molar-refractivity contribution in [3.63, 3.8) is 0 Å². The molecule has 0 fully saturated rings. The highest BCUT2D eigenvalue weighted by atomic mass is 19.4. The molecule has 1 atom stereocenters. The highest BCUT2D eigenvalue weighted by Gasteiger charge is 2.32. The van der Waals surface area contributed by atoms with Gasteiger partial charge >= 0.3 is 6.18 Å². The molecule has 1 aliphatic rings. The van der Waals surface area contributed by atoms with E-state index in [1.165, 1.54) is 42.7 Å². The first-order valence-corrected chi connectivity index (χ1v) is 14.0. The lowest BCUT2D eigenvalue weighted by atomic mass is 9.85. The first-order chi connectivity index (χ1) is 21.6. The molecule has 6 rings (SSSR count). The second kappa shape index (κ2) is 12.2. The standard InChI is InChI=1S/C33H23F6N3O3/c34-19-14-26(35)23(27(36)15-19)10-8-18-4-2-13-41-31(43)24-16-20(9-11-21(18)24)44-28-6-1-5-22(25(28)17-33(37,38)39)32-42-30-29(45-32)7-3-12-40-30/h1,3,5-7,9,11-16,18H,2,4,8,10,17H2. The van der Waals surface area contributed by atoms with Crippen molar-refractivity contribution in [2.75, 3.05) is 0 Å². The summed E-state index contributed by atoms with van der Waals surface area (Å²) < 4.78 is 95.0. The molecule has 2 aromatic heterocycles. The number of alkyl halides is 3. The Morgan fingerprint density at radius 2 is 1.73 bits per heavy atom. The summed E-state index contributed by atoms with van der Waals surface area (Å²) >= 11 is 0. The van der Waals surface area contributed by atoms with Crippen LogP contribution in [0.25, 0.3) is 22.7 Å². The highest BCUT2D eigenvalue weighted by molar-refractivity contribution is 6.01. The van der Waals surface area contributed by atoms with Gasteiger partial charge in [0, 0.05) is 46.8 Å². The van der Waals surface area contributed by atoms with Gasteiger partial charge in [-0.1, -0.05) is 12.1 Å². The van der Waals surface area contributed by atoms with Crippen LogP contribution in [0.2, 0.25) is 0 Å². The number of benzene rings is 3. The summed E-state index contributed by atoms with van der Waals surface area (Å²) in [5, 5.41) is 0. The van der Waals surface area contributed by atoms with Crippen LogP contribution in [-0.4, -0.2) is 28.3 Å². The van der Waals surface area contributed by atoms with E-state index in [1.54, 1.807) is 18.2 Å². The van der Waals surface area contributed by atoms with Crippen LogP contribution < -0.4 is 4.74 Å². The van der Waals surface area contributed by atoms with Crippen LogP contribution in [0.1, 0.15) is 52.2 Å². The summed E-state index contributed by atoms with van der Waals surface area (Å²) in [6, 6.07) is 13.3. The number of aromatic nitrogens is 2. The van der Waals surface area contributed by atoms with Crippen molar-refractivity contribution >= 4 is 23.4 Å². The Kier molecular flexibility index (Phi) is 8.13. The number of hydrogen-bond acceptors (Lipinski definition) is 5. The molecule has 0 radical (unpaired) electrons. The smallest absolute Gasteiger partial charge is 0.393 e. The van der Waals surface area contributed by atoms with Crippen molar-refractivity contribution in [2.45, 2.75) is 44.2 Å². The van der Waals surface area contributed by atoms with Gasteiger partial charge in [0.1, 0.15) is 29.0 Å². The summed E-state index contributed by atoms with van der Waals surface area (Å²) in [7, 11) is 0. The van der Waals surface area contributed by atoms with Crippen molar-refractivity contribution in [1.29, 1.82) is 0 Å². The van der Waals surface area contributed by atoms with E-state index in [-0.39, 0.29) is 64.1 Å². The number of carbonyl (C=O) groups is 1. The summed E-state index contributed by atoms with van der Waals surface area (Å²) in [6.45, 7) is 0. The lowest BCUT2D eigenvalue weighted by molar-refractivity contribution is -0.127. The number of oxazole rings is 1. The van der Waals surface area contributed by atoms with Crippen LogP contribution in [0.15, 0.2) is 76.3 Å². The molecule has 0 saturated heterocycles. The number of fused-ring (bicyclic) bond motifs is 2. The third-order valence-corrected chi connectivity index (χ3v) is 7.53. The predicted molar refractivity (Wildman–Crippen MR) is 153 cm³/mol. The Bertz CT molecular complexity index is 1880. The van der Waals surface area contributed by atoms with Crippen LogP contribution >= 0.6 is 0 Å². The highest BCUT2D eigenvalue weighted by Crippen LogP contribution is 2.40. The van der Waals surface area contributed by atoms with Crippen LogP contribution in [0, 0.1) is 17.5 Å². The second-order valence-electron chi connectivity index (χ2n) is 10.5. The van der Waals surface area contributed by atoms with Gasteiger partial charge in [-0.05, 0) is 73.6 Å². The third kappa shape index (κ3) is 6.59. The number of halogens is 6. The van der Waals surface area contributed by atoms with Gasteiger partial charge in [-0.15, -0.1) is 0 Å². The van der Waals surface area contributed by atoms with Gasteiger partial charge in [-0.25, -0.2) is 23.1 Å². The summed E-state index contributed by atoms with van der Waals surface area (Å²) in [5.41, 5.74) is 0.812. The van der Waals surface area contributed by atoms with Gasteiger partial charge in [0.2, 0.25) is 5.89 Å². The van der Waals surface area contributed by atoms with Crippen LogP contribution in [0.3, 0.4) is 0 Å². The summed E-state index contributed by atoms with van der Waals surface area (Å²) in [5.74, 6) is -4.04. The Balaban J connectivity index is 1.34. The van der Waals surface area contributed by atoms with E-state index in [0.717, 1.165) is 0 Å². The van der Waals surface area contributed by atoms with Crippen molar-refractivity contribution in [1.82, 2.24) is 9.97 Å². The topological polar surface area (TPSA) is 77.6 Å². The fraction of sp³-hybridized carbons (Fsp3) is 0.212. The fourth-order valence-corrected chi connectivity index (χ4v) is 5.47. The summed E-state index contributed by atoms with van der Waals surface area (Å²) in [4.78, 5) is 25.3. The zero-order valence-electron chi connectivity index (χ0n) is 23.4. The maximum Gasteiger partial charge on any atom is 0.393 e. The fourth-order valence-electron chi connectivity index (χ4n) is 5.47. The monoisotopic (exact) mass is 623 g/mol. The van der Waals surface area contributed by atoms with E-state index in [1.807, 2.05) is 0 Å². The van der Waals surface area contributed by atoms with Crippen molar-refractivity contribution in [2.24, 2.45) is 4.99 Å².